The van der Waals surface area contributed by atoms with E-state index in [9.17, 15) is 9.59 Å². The summed E-state index contributed by atoms with van der Waals surface area (Å²) in [5, 5.41) is 0. The van der Waals surface area contributed by atoms with Crippen LogP contribution in [0.5, 0.6) is 11.5 Å². The van der Waals surface area contributed by atoms with Crippen molar-refractivity contribution in [3.63, 3.8) is 0 Å². The zero-order chi connectivity index (χ0) is 22.2. The number of amides is 3. The van der Waals surface area contributed by atoms with E-state index in [0.717, 1.165) is 11.1 Å². The highest BCUT2D eigenvalue weighted by Gasteiger charge is 2.25. The molecule has 1 fully saturated rings. The van der Waals surface area contributed by atoms with Gasteiger partial charge in [-0.1, -0.05) is 30.3 Å². The molecule has 3 amide bonds. The monoisotopic (exact) mass is 425 g/mol. The lowest BCUT2D eigenvalue weighted by atomic mass is 10.1. The number of rotatable bonds is 7. The molecule has 0 bridgehead atoms. The summed E-state index contributed by atoms with van der Waals surface area (Å²) in [6.45, 7) is 2.80. The Kier molecular flexibility index (Phi) is 7.76. The third-order valence-corrected chi connectivity index (χ3v) is 5.53. The van der Waals surface area contributed by atoms with Gasteiger partial charge in [0.25, 0.3) is 0 Å². The predicted octanol–water partition coefficient (Wildman–Crippen LogP) is 3.03. The Morgan fingerprint density at radius 3 is 2.03 bits per heavy atom. The molecule has 7 heteroatoms. The molecule has 2 aromatic carbocycles. The van der Waals surface area contributed by atoms with Gasteiger partial charge in [-0.2, -0.15) is 0 Å². The molecule has 0 saturated carbocycles. The number of methoxy groups -OCH3 is 2. The Bertz CT molecular complexity index is 857. The first-order valence-corrected chi connectivity index (χ1v) is 10.5. The summed E-state index contributed by atoms with van der Waals surface area (Å²) in [6.07, 6.45) is 1.03. The zero-order valence-electron chi connectivity index (χ0n) is 18.5. The fourth-order valence-corrected chi connectivity index (χ4v) is 3.73. The summed E-state index contributed by atoms with van der Waals surface area (Å²) >= 11 is 0. The molecule has 166 valence electrons. The van der Waals surface area contributed by atoms with E-state index in [1.54, 1.807) is 19.1 Å². The first-order valence-electron chi connectivity index (χ1n) is 10.5. The minimum Gasteiger partial charge on any atom is -0.497 e. The molecule has 0 N–H and O–H groups in total. The number of carbonyl (C=O) groups excluding carboxylic acids is 2. The molecule has 1 aliphatic heterocycles. The van der Waals surface area contributed by atoms with E-state index < -0.39 is 0 Å². The Hall–Kier alpha value is -3.22. The first kappa shape index (κ1) is 22.5. The van der Waals surface area contributed by atoms with Gasteiger partial charge in [-0.25, -0.2) is 4.79 Å². The van der Waals surface area contributed by atoms with Crippen molar-refractivity contribution in [2.24, 2.45) is 0 Å². The second-order valence-corrected chi connectivity index (χ2v) is 7.71. The Morgan fingerprint density at radius 1 is 0.871 bits per heavy atom. The number of aryl methyl sites for hydroxylation is 1. The van der Waals surface area contributed by atoms with Crippen LogP contribution in [0.3, 0.4) is 0 Å². The normalized spacial score (nSPS) is 13.6. The number of piperazine rings is 1. The Balaban J connectivity index is 1.47. The van der Waals surface area contributed by atoms with Crippen LogP contribution >= 0.6 is 0 Å². The van der Waals surface area contributed by atoms with E-state index in [1.807, 2.05) is 65.4 Å². The molecular formula is C24H31N3O4. The number of hydrogen-bond acceptors (Lipinski definition) is 4. The van der Waals surface area contributed by atoms with Crippen LogP contribution in [-0.2, 0) is 17.8 Å². The van der Waals surface area contributed by atoms with E-state index >= 15 is 0 Å². The van der Waals surface area contributed by atoms with Crippen molar-refractivity contribution in [2.75, 3.05) is 47.4 Å². The van der Waals surface area contributed by atoms with Gasteiger partial charge in [0.05, 0.1) is 14.2 Å². The standard InChI is InChI=1S/C24H31N3O4/c1-25(18-19-7-5-4-6-8-19)24(29)27-13-11-26(12-14-27)23(28)10-9-20-15-21(30-2)17-22(16-20)31-3/h4-8,15-17H,9-14,18H2,1-3H3. The highest BCUT2D eigenvalue weighted by Crippen LogP contribution is 2.23. The SMILES string of the molecule is COc1cc(CCC(=O)N2CCN(C(=O)N(C)Cc3ccccc3)CC2)cc(OC)c1. The predicted molar refractivity (Wildman–Crippen MR) is 119 cm³/mol. The number of benzene rings is 2. The molecule has 0 unspecified atom stereocenters. The maximum absolute atomic E-state index is 12.7. The molecule has 0 radical (unpaired) electrons. The minimum absolute atomic E-state index is 0.000530. The average molecular weight is 426 g/mol. The van der Waals surface area contributed by atoms with Gasteiger partial charge in [0, 0.05) is 52.3 Å². The lowest BCUT2D eigenvalue weighted by Gasteiger charge is -2.36. The Morgan fingerprint density at radius 2 is 1.45 bits per heavy atom. The molecule has 1 saturated heterocycles. The highest BCUT2D eigenvalue weighted by molar-refractivity contribution is 5.78. The van der Waals surface area contributed by atoms with Crippen molar-refractivity contribution in [1.82, 2.24) is 14.7 Å². The van der Waals surface area contributed by atoms with Gasteiger partial charge < -0.3 is 24.2 Å². The summed E-state index contributed by atoms with van der Waals surface area (Å²) in [5.74, 6) is 1.54. The second-order valence-electron chi connectivity index (χ2n) is 7.71. The molecule has 0 spiro atoms. The van der Waals surface area contributed by atoms with Gasteiger partial charge in [-0.05, 0) is 29.7 Å². The van der Waals surface area contributed by atoms with Crippen LogP contribution in [0.2, 0.25) is 0 Å². The largest absolute Gasteiger partial charge is 0.497 e. The average Bonchev–Trinajstić information content (AvgIpc) is 2.82. The van der Waals surface area contributed by atoms with Crippen molar-refractivity contribution in [3.05, 3.63) is 59.7 Å². The maximum Gasteiger partial charge on any atom is 0.320 e. The van der Waals surface area contributed by atoms with E-state index in [2.05, 4.69) is 0 Å². The third-order valence-electron chi connectivity index (χ3n) is 5.53. The highest BCUT2D eigenvalue weighted by atomic mass is 16.5. The smallest absolute Gasteiger partial charge is 0.320 e. The number of nitrogens with zero attached hydrogens (tertiary/aromatic N) is 3. The topological polar surface area (TPSA) is 62.3 Å². The van der Waals surface area contributed by atoms with E-state index in [1.165, 1.54) is 0 Å². The summed E-state index contributed by atoms with van der Waals surface area (Å²) in [4.78, 5) is 30.8. The molecule has 0 atom stereocenters. The first-order chi connectivity index (χ1) is 15.0. The van der Waals surface area contributed by atoms with Gasteiger partial charge in [0.2, 0.25) is 5.91 Å². The van der Waals surface area contributed by atoms with Crippen molar-refractivity contribution in [1.29, 1.82) is 0 Å². The van der Waals surface area contributed by atoms with E-state index in [4.69, 9.17) is 9.47 Å². The van der Waals surface area contributed by atoms with Crippen molar-refractivity contribution >= 4 is 11.9 Å². The van der Waals surface area contributed by atoms with Crippen LogP contribution in [0, 0.1) is 0 Å². The van der Waals surface area contributed by atoms with Crippen LogP contribution in [0.4, 0.5) is 4.79 Å². The van der Waals surface area contributed by atoms with Crippen molar-refractivity contribution in [2.45, 2.75) is 19.4 Å². The molecule has 0 aliphatic carbocycles. The number of carbonyl (C=O) groups is 2. The van der Waals surface area contributed by atoms with Gasteiger partial charge in [0.1, 0.15) is 11.5 Å². The lowest BCUT2D eigenvalue weighted by molar-refractivity contribution is -0.132. The molecule has 2 aromatic rings. The number of urea groups is 1. The van der Waals surface area contributed by atoms with Crippen molar-refractivity contribution in [3.8, 4) is 11.5 Å². The van der Waals surface area contributed by atoms with Crippen LogP contribution in [-0.4, -0.2) is 74.1 Å². The maximum atomic E-state index is 12.7. The fourth-order valence-electron chi connectivity index (χ4n) is 3.73. The number of hydrogen-bond donors (Lipinski definition) is 0. The minimum atomic E-state index is -0.000530. The van der Waals surface area contributed by atoms with Gasteiger partial charge >= 0.3 is 6.03 Å². The van der Waals surface area contributed by atoms with Gasteiger partial charge in [-0.15, -0.1) is 0 Å². The molecule has 1 aliphatic rings. The zero-order valence-corrected chi connectivity index (χ0v) is 18.5. The molecule has 1 heterocycles. The fraction of sp³-hybridized carbons (Fsp3) is 0.417. The number of ether oxygens (including phenoxy) is 2. The molecule has 31 heavy (non-hydrogen) atoms. The lowest BCUT2D eigenvalue weighted by Crippen LogP contribution is -2.53. The van der Waals surface area contributed by atoms with Gasteiger partial charge in [0.15, 0.2) is 0 Å². The summed E-state index contributed by atoms with van der Waals surface area (Å²) in [5.41, 5.74) is 2.10. The quantitative estimate of drug-likeness (QED) is 0.684. The van der Waals surface area contributed by atoms with E-state index in [0.29, 0.717) is 57.1 Å². The summed E-state index contributed by atoms with van der Waals surface area (Å²) in [7, 11) is 5.04. The van der Waals surface area contributed by atoms with Gasteiger partial charge in [-0.3, -0.25) is 4.79 Å². The molecular weight excluding hydrogens is 394 g/mol. The van der Waals surface area contributed by atoms with Crippen molar-refractivity contribution < 1.29 is 19.1 Å². The summed E-state index contributed by atoms with van der Waals surface area (Å²) < 4.78 is 10.6. The Labute approximate surface area is 184 Å². The molecule has 7 nitrogen and oxygen atoms in total. The second kappa shape index (κ2) is 10.7. The molecule has 3 rings (SSSR count). The van der Waals surface area contributed by atoms with Crippen LogP contribution < -0.4 is 9.47 Å². The van der Waals surface area contributed by atoms with E-state index in [-0.39, 0.29) is 11.9 Å². The third kappa shape index (κ3) is 6.13. The molecule has 0 aromatic heterocycles. The summed E-state index contributed by atoms with van der Waals surface area (Å²) in [6, 6.07) is 15.6. The van der Waals surface area contributed by atoms with Crippen LogP contribution in [0.1, 0.15) is 17.5 Å². The van der Waals surface area contributed by atoms with Crippen LogP contribution in [0.25, 0.3) is 0 Å². The van der Waals surface area contributed by atoms with Crippen LogP contribution in [0.15, 0.2) is 48.5 Å².